The number of carbonyl (C=O) groups excluding carboxylic acids is 1. The molecule has 0 aliphatic carbocycles. The zero-order valence-corrected chi connectivity index (χ0v) is 18.0. The van der Waals surface area contributed by atoms with E-state index >= 15 is 0 Å². The maximum Gasteiger partial charge on any atom is 0.324 e. The van der Waals surface area contributed by atoms with E-state index in [0.29, 0.717) is 17.3 Å². The quantitative estimate of drug-likeness (QED) is 0.324. The van der Waals surface area contributed by atoms with Crippen LogP contribution in [0.4, 0.5) is 27.1 Å². The number of aromatic amines is 1. The fraction of sp³-hybridized carbons (Fsp3) is 0.143. The summed E-state index contributed by atoms with van der Waals surface area (Å²) in [4.78, 5) is 20.9. The van der Waals surface area contributed by atoms with Crippen molar-refractivity contribution in [3.8, 4) is 11.8 Å². The number of nitrogens with zero attached hydrogens (tertiary/aromatic N) is 3. The van der Waals surface area contributed by atoms with Crippen molar-refractivity contribution in [2.24, 2.45) is 0 Å². The Bertz CT molecular complexity index is 1200. The van der Waals surface area contributed by atoms with Gasteiger partial charge in [-0.15, -0.1) is 11.3 Å². The van der Waals surface area contributed by atoms with Gasteiger partial charge in [0.25, 0.3) is 0 Å². The van der Waals surface area contributed by atoms with Crippen LogP contribution in [0.15, 0.2) is 47.8 Å². The van der Waals surface area contributed by atoms with Crippen LogP contribution in [-0.4, -0.2) is 26.2 Å². The van der Waals surface area contributed by atoms with Gasteiger partial charge in [-0.3, -0.25) is 10.4 Å². The highest BCUT2D eigenvalue weighted by atomic mass is 32.1. The largest absolute Gasteiger partial charge is 0.424 e. The van der Waals surface area contributed by atoms with E-state index in [1.165, 1.54) is 11.3 Å². The molecule has 0 atom stereocenters. The molecular weight excluding hydrogens is 414 g/mol. The fourth-order valence-electron chi connectivity index (χ4n) is 2.84. The monoisotopic (exact) mass is 435 g/mol. The molecule has 31 heavy (non-hydrogen) atoms. The first kappa shape index (κ1) is 20.4. The number of carbonyl (C=O) groups is 1. The average Bonchev–Trinajstić information content (AvgIpc) is 3.35. The third-order valence-electron chi connectivity index (χ3n) is 4.19. The van der Waals surface area contributed by atoms with E-state index < -0.39 is 0 Å². The number of amides is 2. The Hall–Kier alpha value is -3.92. The number of aryl methyl sites for hydroxylation is 3. The lowest BCUT2D eigenvalue weighted by molar-refractivity contribution is 0.262. The number of urea groups is 1. The third-order valence-corrected chi connectivity index (χ3v) is 4.98. The molecule has 2 amide bonds. The molecule has 0 fully saturated rings. The highest BCUT2D eigenvalue weighted by Crippen LogP contribution is 2.27. The van der Waals surface area contributed by atoms with Gasteiger partial charge >= 0.3 is 12.0 Å². The molecule has 0 saturated carbocycles. The summed E-state index contributed by atoms with van der Waals surface area (Å²) in [7, 11) is 0. The van der Waals surface area contributed by atoms with Gasteiger partial charge < -0.3 is 15.4 Å². The molecule has 3 heterocycles. The molecule has 0 aliphatic rings. The van der Waals surface area contributed by atoms with Crippen molar-refractivity contribution >= 4 is 39.7 Å². The molecule has 9 nitrogen and oxygen atoms in total. The van der Waals surface area contributed by atoms with Crippen molar-refractivity contribution in [3.05, 3.63) is 64.8 Å². The summed E-state index contributed by atoms with van der Waals surface area (Å²) in [5, 5.41) is 18.4. The van der Waals surface area contributed by atoms with Crippen LogP contribution >= 0.6 is 11.3 Å². The molecule has 0 saturated heterocycles. The number of benzene rings is 1. The zero-order valence-electron chi connectivity index (χ0n) is 17.2. The van der Waals surface area contributed by atoms with Crippen LogP contribution in [0, 0.1) is 20.8 Å². The third kappa shape index (κ3) is 5.37. The molecule has 3 aromatic heterocycles. The predicted molar refractivity (Wildman–Crippen MR) is 122 cm³/mol. The number of hydrogen-bond donors (Lipinski definition) is 4. The van der Waals surface area contributed by atoms with Crippen LogP contribution in [0.5, 0.6) is 11.8 Å². The number of H-pyrrole nitrogens is 1. The van der Waals surface area contributed by atoms with E-state index in [-0.39, 0.29) is 12.0 Å². The molecule has 158 valence electrons. The van der Waals surface area contributed by atoms with Gasteiger partial charge in [0.05, 0.1) is 10.7 Å². The SMILES string of the molecule is Cc1cc(Nc2cc(C)nc(Oc3ccc(NC(=O)Nc4cccs4)cc3C)n2)[nH]n1. The predicted octanol–water partition coefficient (Wildman–Crippen LogP) is 5.37. The Morgan fingerprint density at radius 3 is 2.61 bits per heavy atom. The normalized spacial score (nSPS) is 10.5. The van der Waals surface area contributed by atoms with Gasteiger partial charge in [-0.1, -0.05) is 0 Å². The summed E-state index contributed by atoms with van der Waals surface area (Å²) in [6.45, 7) is 5.65. The number of thiophene rings is 1. The molecule has 4 N–H and O–H groups in total. The van der Waals surface area contributed by atoms with Crippen molar-refractivity contribution < 1.29 is 9.53 Å². The van der Waals surface area contributed by atoms with E-state index in [9.17, 15) is 4.79 Å². The number of hydrogen-bond acceptors (Lipinski definition) is 7. The van der Waals surface area contributed by atoms with Gasteiger partial charge in [0.15, 0.2) is 0 Å². The van der Waals surface area contributed by atoms with Gasteiger partial charge in [-0.25, -0.2) is 9.78 Å². The van der Waals surface area contributed by atoms with E-state index in [2.05, 4.69) is 36.1 Å². The lowest BCUT2D eigenvalue weighted by Gasteiger charge is -2.12. The second-order valence-electron chi connectivity index (χ2n) is 6.86. The van der Waals surface area contributed by atoms with Crippen LogP contribution in [0.3, 0.4) is 0 Å². The molecule has 4 aromatic rings. The molecule has 1 aromatic carbocycles. The van der Waals surface area contributed by atoms with Crippen molar-refractivity contribution in [1.29, 1.82) is 0 Å². The van der Waals surface area contributed by atoms with Gasteiger partial charge in [-0.2, -0.15) is 10.1 Å². The minimum atomic E-state index is -0.303. The molecule has 0 unspecified atom stereocenters. The Morgan fingerprint density at radius 1 is 1.03 bits per heavy atom. The Balaban J connectivity index is 1.44. The minimum Gasteiger partial charge on any atom is -0.424 e. The highest BCUT2D eigenvalue weighted by Gasteiger charge is 2.10. The van der Waals surface area contributed by atoms with Crippen LogP contribution in [-0.2, 0) is 0 Å². The van der Waals surface area contributed by atoms with Gasteiger partial charge in [0, 0.05) is 23.5 Å². The number of nitrogens with one attached hydrogen (secondary N) is 4. The second-order valence-corrected chi connectivity index (χ2v) is 7.81. The van der Waals surface area contributed by atoms with Crippen molar-refractivity contribution in [3.63, 3.8) is 0 Å². The smallest absolute Gasteiger partial charge is 0.324 e. The maximum absolute atomic E-state index is 12.1. The van der Waals surface area contributed by atoms with Crippen LogP contribution in [0.25, 0.3) is 0 Å². The maximum atomic E-state index is 12.1. The van der Waals surface area contributed by atoms with Crippen molar-refractivity contribution in [2.75, 3.05) is 16.0 Å². The molecular formula is C21H21N7O2S. The van der Waals surface area contributed by atoms with Crippen molar-refractivity contribution in [2.45, 2.75) is 20.8 Å². The van der Waals surface area contributed by atoms with E-state index in [1.807, 2.05) is 56.5 Å². The van der Waals surface area contributed by atoms with Crippen molar-refractivity contribution in [1.82, 2.24) is 20.2 Å². The summed E-state index contributed by atoms with van der Waals surface area (Å²) in [6, 6.07) is 12.7. The molecule has 4 rings (SSSR count). The second kappa shape index (κ2) is 8.84. The average molecular weight is 436 g/mol. The highest BCUT2D eigenvalue weighted by molar-refractivity contribution is 7.14. The number of ether oxygens (including phenoxy) is 1. The number of rotatable bonds is 6. The topological polar surface area (TPSA) is 117 Å². The van der Waals surface area contributed by atoms with Gasteiger partial charge in [0.1, 0.15) is 17.4 Å². The molecule has 0 bridgehead atoms. The first-order chi connectivity index (χ1) is 14.9. The summed E-state index contributed by atoms with van der Waals surface area (Å²) in [5.74, 6) is 1.92. The number of anilines is 4. The van der Waals surface area contributed by atoms with Crippen LogP contribution in [0.2, 0.25) is 0 Å². The molecule has 10 heteroatoms. The minimum absolute atomic E-state index is 0.220. The zero-order chi connectivity index (χ0) is 21.8. The Morgan fingerprint density at radius 2 is 1.90 bits per heavy atom. The van der Waals surface area contributed by atoms with Gasteiger partial charge in [-0.05, 0) is 62.0 Å². The van der Waals surface area contributed by atoms with E-state index in [4.69, 9.17) is 4.74 Å². The summed E-state index contributed by atoms with van der Waals surface area (Å²) in [5.41, 5.74) is 3.11. The summed E-state index contributed by atoms with van der Waals surface area (Å²) >= 11 is 1.46. The Kier molecular flexibility index (Phi) is 5.80. The van der Waals surface area contributed by atoms with E-state index in [0.717, 1.165) is 27.8 Å². The Labute approximate surface area is 182 Å². The van der Waals surface area contributed by atoms with Crippen LogP contribution < -0.4 is 20.7 Å². The standard InChI is InChI=1S/C21H21N7O2S/c1-12-9-15(23-20(29)26-19-5-4-8-31-19)6-7-16(12)30-21-22-13(2)10-17(25-21)24-18-11-14(3)27-28-18/h4-11H,1-3H3,(H2,23,26,29)(H2,22,24,25,27,28). The summed E-state index contributed by atoms with van der Waals surface area (Å²) < 4.78 is 5.90. The molecule has 0 radical (unpaired) electrons. The lowest BCUT2D eigenvalue weighted by Crippen LogP contribution is -2.18. The van der Waals surface area contributed by atoms with Crippen LogP contribution in [0.1, 0.15) is 17.0 Å². The summed E-state index contributed by atoms with van der Waals surface area (Å²) in [6.07, 6.45) is 0. The van der Waals surface area contributed by atoms with Gasteiger partial charge in [0.2, 0.25) is 0 Å². The fourth-order valence-corrected chi connectivity index (χ4v) is 3.45. The first-order valence-electron chi connectivity index (χ1n) is 9.49. The molecule has 0 spiro atoms. The number of aromatic nitrogens is 4. The lowest BCUT2D eigenvalue weighted by atomic mass is 10.2. The first-order valence-corrected chi connectivity index (χ1v) is 10.4. The van der Waals surface area contributed by atoms with E-state index in [1.54, 1.807) is 12.1 Å². The molecule has 0 aliphatic heterocycles.